The van der Waals surface area contributed by atoms with Crippen molar-refractivity contribution < 1.29 is 17.7 Å². The van der Waals surface area contributed by atoms with Crippen LogP contribution < -0.4 is 10.0 Å². The Labute approximate surface area is 217 Å². The van der Waals surface area contributed by atoms with Crippen LogP contribution in [0.3, 0.4) is 0 Å². The lowest BCUT2D eigenvalue weighted by molar-refractivity contribution is -0.150. The van der Waals surface area contributed by atoms with E-state index in [9.17, 15) is 13.2 Å². The number of aryl methyl sites for hydroxylation is 1. The Bertz CT molecular complexity index is 1430. The van der Waals surface area contributed by atoms with E-state index >= 15 is 0 Å². The van der Waals surface area contributed by atoms with Crippen molar-refractivity contribution in [2.75, 3.05) is 10.0 Å². The Morgan fingerprint density at radius 3 is 2.42 bits per heavy atom. The molecule has 2 heterocycles. The van der Waals surface area contributed by atoms with Crippen molar-refractivity contribution in [2.45, 2.75) is 62.8 Å². The van der Waals surface area contributed by atoms with E-state index in [0.717, 1.165) is 38.5 Å². The maximum absolute atomic E-state index is 13.7. The Morgan fingerprint density at radius 2 is 1.83 bits per heavy atom. The summed E-state index contributed by atoms with van der Waals surface area (Å²) in [6.45, 7) is 3.48. The van der Waals surface area contributed by atoms with E-state index in [1.807, 2.05) is 4.68 Å². The van der Waals surface area contributed by atoms with Crippen molar-refractivity contribution in [3.05, 3.63) is 46.6 Å². The molecule has 0 radical (unpaired) electrons. The van der Waals surface area contributed by atoms with Gasteiger partial charge < -0.3 is 9.84 Å². The molecule has 10 nitrogen and oxygen atoms in total. The second kappa shape index (κ2) is 8.14. The highest BCUT2D eigenvalue weighted by molar-refractivity contribution is 9.10. The van der Waals surface area contributed by atoms with Gasteiger partial charge in [0.05, 0.1) is 21.5 Å². The molecule has 4 aliphatic rings. The largest absolute Gasteiger partial charge is 0.337 e. The van der Waals surface area contributed by atoms with Gasteiger partial charge in [0, 0.05) is 11.3 Å². The minimum atomic E-state index is -3.86. The third-order valence-corrected chi connectivity index (χ3v) is 9.98. The third kappa shape index (κ3) is 3.85. The number of aromatic nitrogens is 4. The maximum atomic E-state index is 13.7. The number of halogens is 1. The van der Waals surface area contributed by atoms with Crippen LogP contribution in [0.15, 0.2) is 44.7 Å². The predicted octanol–water partition coefficient (Wildman–Crippen LogP) is 4.38. The number of anilines is 2. The van der Waals surface area contributed by atoms with Crippen LogP contribution in [0.1, 0.15) is 49.8 Å². The molecule has 4 fully saturated rings. The van der Waals surface area contributed by atoms with Crippen LogP contribution in [0.5, 0.6) is 0 Å². The first-order valence-corrected chi connectivity index (χ1v) is 14.3. The molecule has 2 N–H and O–H groups in total. The summed E-state index contributed by atoms with van der Waals surface area (Å²) in [7, 11) is -3.86. The minimum absolute atomic E-state index is 0.00153. The molecule has 0 spiro atoms. The van der Waals surface area contributed by atoms with Gasteiger partial charge in [-0.25, -0.2) is 22.8 Å². The van der Waals surface area contributed by atoms with Gasteiger partial charge in [-0.2, -0.15) is 0 Å². The molecule has 12 heteroatoms. The Morgan fingerprint density at radius 1 is 1.14 bits per heavy atom. The van der Waals surface area contributed by atoms with E-state index in [4.69, 9.17) is 4.52 Å². The standard InChI is InChI=1S/C24H27BrN6O4S/c1-14-15(2)29-35-20(14)30-36(33,34)19-5-3-18(4-6-19)27-21(32)23-8-16-7-17(9-23)11-24(10-16,12-23)31-13-26-22(25)28-31/h3-6,13,16-17,30H,7-12H2,1-2H3,(H,27,32)/t16-,17-,23?,24?/m0/s1. The average Bonchev–Trinajstić information content (AvgIpc) is 3.40. The zero-order valence-electron chi connectivity index (χ0n) is 20.0. The Hall–Kier alpha value is -2.73. The quantitative estimate of drug-likeness (QED) is 0.446. The van der Waals surface area contributed by atoms with Crippen molar-refractivity contribution in [1.29, 1.82) is 0 Å². The number of sulfonamides is 1. The molecule has 190 valence electrons. The van der Waals surface area contributed by atoms with E-state index in [2.05, 4.69) is 41.2 Å². The van der Waals surface area contributed by atoms with E-state index < -0.39 is 15.4 Å². The summed E-state index contributed by atoms with van der Waals surface area (Å²) in [5.74, 6) is 1.07. The molecule has 7 rings (SSSR count). The second-order valence-electron chi connectivity index (χ2n) is 10.7. The van der Waals surface area contributed by atoms with Crippen molar-refractivity contribution >= 4 is 43.4 Å². The zero-order chi connectivity index (χ0) is 25.3. The first-order valence-electron chi connectivity index (χ1n) is 12.0. The molecular weight excluding hydrogens is 548 g/mol. The van der Waals surface area contributed by atoms with Gasteiger partial charge in [-0.15, -0.1) is 5.10 Å². The molecule has 4 bridgehead atoms. The van der Waals surface area contributed by atoms with Crippen LogP contribution >= 0.6 is 15.9 Å². The zero-order valence-corrected chi connectivity index (χ0v) is 22.4. The lowest BCUT2D eigenvalue weighted by atomic mass is 9.46. The lowest BCUT2D eigenvalue weighted by Gasteiger charge is -2.60. The van der Waals surface area contributed by atoms with Crippen molar-refractivity contribution in [2.24, 2.45) is 17.3 Å². The maximum Gasteiger partial charge on any atom is 0.264 e. The Balaban J connectivity index is 1.20. The van der Waals surface area contributed by atoms with Crippen LogP contribution in [-0.2, 0) is 20.4 Å². The van der Waals surface area contributed by atoms with E-state index in [1.54, 1.807) is 32.3 Å². The van der Waals surface area contributed by atoms with Crippen LogP contribution in [0.4, 0.5) is 11.6 Å². The predicted molar refractivity (Wildman–Crippen MR) is 135 cm³/mol. The SMILES string of the molecule is Cc1noc(NS(=O)(=O)c2ccc(NC(=O)C34C[C@@H]5C[C@@H](C3)CC(n3cnc(Br)n3)(C5)C4)cc2)c1C. The minimum Gasteiger partial charge on any atom is -0.337 e. The van der Waals surface area contributed by atoms with Gasteiger partial charge in [-0.05, 0) is 104 Å². The summed E-state index contributed by atoms with van der Waals surface area (Å²) in [6.07, 6.45) is 7.48. The van der Waals surface area contributed by atoms with Crippen LogP contribution in [0, 0.1) is 31.1 Å². The summed E-state index contributed by atoms with van der Waals surface area (Å²) < 4.78 is 35.6. The van der Waals surface area contributed by atoms with Gasteiger partial charge >= 0.3 is 0 Å². The van der Waals surface area contributed by atoms with E-state index in [-0.39, 0.29) is 22.2 Å². The van der Waals surface area contributed by atoms with Crippen LogP contribution in [-0.4, -0.2) is 34.2 Å². The van der Waals surface area contributed by atoms with Crippen molar-refractivity contribution in [1.82, 2.24) is 19.9 Å². The van der Waals surface area contributed by atoms with Crippen molar-refractivity contribution in [3.63, 3.8) is 0 Å². The number of hydrogen-bond acceptors (Lipinski definition) is 7. The second-order valence-corrected chi connectivity index (χ2v) is 13.1. The fourth-order valence-corrected chi connectivity index (χ4v) is 8.20. The fraction of sp³-hybridized carbons (Fsp3) is 0.500. The topological polar surface area (TPSA) is 132 Å². The monoisotopic (exact) mass is 574 g/mol. The molecule has 4 aliphatic carbocycles. The molecule has 2 atom stereocenters. The molecule has 1 amide bonds. The van der Waals surface area contributed by atoms with Gasteiger partial charge in [-0.3, -0.25) is 4.79 Å². The summed E-state index contributed by atoms with van der Waals surface area (Å²) in [5.41, 5.74) is 1.18. The molecule has 3 aromatic rings. The summed E-state index contributed by atoms with van der Waals surface area (Å²) >= 11 is 3.36. The van der Waals surface area contributed by atoms with Gasteiger partial charge in [-0.1, -0.05) is 5.16 Å². The highest BCUT2D eigenvalue weighted by atomic mass is 79.9. The number of rotatable bonds is 6. The highest BCUT2D eigenvalue weighted by Crippen LogP contribution is 2.64. The lowest BCUT2D eigenvalue weighted by Crippen LogP contribution is -2.60. The summed E-state index contributed by atoms with van der Waals surface area (Å²) in [4.78, 5) is 18.0. The molecule has 0 aliphatic heterocycles. The normalized spacial score (nSPS) is 28.9. The van der Waals surface area contributed by atoms with Gasteiger partial charge in [0.25, 0.3) is 10.0 Å². The number of nitrogens with one attached hydrogen (secondary N) is 2. The number of nitrogens with zero attached hydrogens (tertiary/aromatic N) is 4. The van der Waals surface area contributed by atoms with Crippen LogP contribution in [0.2, 0.25) is 0 Å². The number of benzene rings is 1. The summed E-state index contributed by atoms with van der Waals surface area (Å²) in [5, 5.41) is 11.4. The number of carbonyl (C=O) groups is 1. The molecule has 1 aromatic carbocycles. The van der Waals surface area contributed by atoms with Crippen molar-refractivity contribution in [3.8, 4) is 0 Å². The molecule has 36 heavy (non-hydrogen) atoms. The summed E-state index contributed by atoms with van der Waals surface area (Å²) in [6, 6.07) is 6.20. The smallest absolute Gasteiger partial charge is 0.264 e. The van der Waals surface area contributed by atoms with Gasteiger partial charge in [0.2, 0.25) is 16.5 Å². The van der Waals surface area contributed by atoms with E-state index in [1.165, 1.54) is 12.1 Å². The third-order valence-electron chi connectivity index (χ3n) is 8.27. The Kier molecular flexibility index (Phi) is 5.35. The molecular formula is C24H27BrN6O4S. The first-order chi connectivity index (χ1) is 17.1. The van der Waals surface area contributed by atoms with Gasteiger partial charge in [0.1, 0.15) is 6.33 Å². The number of amides is 1. The molecule has 0 unspecified atom stereocenters. The molecule has 4 saturated carbocycles. The number of carbonyl (C=O) groups excluding carboxylic acids is 1. The first kappa shape index (κ1) is 23.7. The van der Waals surface area contributed by atoms with E-state index in [0.29, 0.717) is 33.5 Å². The highest BCUT2D eigenvalue weighted by Gasteiger charge is 2.61. The number of hydrogen-bond donors (Lipinski definition) is 2. The molecule has 0 saturated heterocycles. The fourth-order valence-electron chi connectivity index (χ4n) is 6.89. The molecule has 2 aromatic heterocycles. The van der Waals surface area contributed by atoms with Crippen LogP contribution in [0.25, 0.3) is 0 Å². The average molecular weight is 575 g/mol. The van der Waals surface area contributed by atoms with Gasteiger partial charge in [0.15, 0.2) is 0 Å².